The van der Waals surface area contributed by atoms with E-state index in [-0.39, 0.29) is 30.4 Å². The Morgan fingerprint density at radius 3 is 1.94 bits per heavy atom. The van der Waals surface area contributed by atoms with E-state index < -0.39 is 0 Å². The lowest BCUT2D eigenvalue weighted by molar-refractivity contribution is -0.122. The lowest BCUT2D eigenvalue weighted by Crippen LogP contribution is -2.38. The molecule has 1 aliphatic rings. The quantitative estimate of drug-likeness (QED) is 0.548. The SMILES string of the molecule is NC(=O)C1CCN(c2ccc(NC(=O)COC(c3ccccc3)c3ccccc3)cc2)CC1. The predicted molar refractivity (Wildman–Crippen MR) is 130 cm³/mol. The first-order valence-corrected chi connectivity index (χ1v) is 11.3. The van der Waals surface area contributed by atoms with Gasteiger partial charge >= 0.3 is 0 Å². The first kappa shape index (κ1) is 22.6. The van der Waals surface area contributed by atoms with E-state index in [1.807, 2.05) is 84.9 Å². The van der Waals surface area contributed by atoms with Crippen molar-refractivity contribution in [2.24, 2.45) is 11.7 Å². The zero-order valence-electron chi connectivity index (χ0n) is 18.5. The molecule has 0 spiro atoms. The molecule has 3 aromatic carbocycles. The van der Waals surface area contributed by atoms with Crippen molar-refractivity contribution in [2.75, 3.05) is 29.9 Å². The van der Waals surface area contributed by atoms with Crippen molar-refractivity contribution < 1.29 is 14.3 Å². The molecule has 1 heterocycles. The summed E-state index contributed by atoms with van der Waals surface area (Å²) in [6, 6.07) is 27.5. The van der Waals surface area contributed by atoms with Crippen LogP contribution in [0.3, 0.4) is 0 Å². The molecule has 1 fully saturated rings. The highest BCUT2D eigenvalue weighted by molar-refractivity contribution is 5.91. The number of nitrogens with one attached hydrogen (secondary N) is 1. The van der Waals surface area contributed by atoms with E-state index in [2.05, 4.69) is 10.2 Å². The predicted octanol–water partition coefficient (Wildman–Crippen LogP) is 4.13. The van der Waals surface area contributed by atoms with Crippen LogP contribution in [0.4, 0.5) is 11.4 Å². The summed E-state index contributed by atoms with van der Waals surface area (Å²) in [6.07, 6.45) is 1.23. The molecule has 3 aromatic rings. The van der Waals surface area contributed by atoms with Gasteiger partial charge in [-0.3, -0.25) is 9.59 Å². The summed E-state index contributed by atoms with van der Waals surface area (Å²) in [5, 5.41) is 2.91. The Labute approximate surface area is 194 Å². The summed E-state index contributed by atoms with van der Waals surface area (Å²) in [5.74, 6) is -0.450. The fraction of sp³-hybridized carbons (Fsp3) is 0.259. The molecule has 0 unspecified atom stereocenters. The second-order valence-corrected chi connectivity index (χ2v) is 8.27. The number of amides is 2. The summed E-state index contributed by atoms with van der Waals surface area (Å²) in [4.78, 5) is 26.2. The smallest absolute Gasteiger partial charge is 0.250 e. The van der Waals surface area contributed by atoms with Gasteiger partial charge in [-0.25, -0.2) is 0 Å². The number of nitrogens with zero attached hydrogens (tertiary/aromatic N) is 1. The van der Waals surface area contributed by atoms with Crippen molar-refractivity contribution in [3.8, 4) is 0 Å². The summed E-state index contributed by atoms with van der Waals surface area (Å²) in [5.41, 5.74) is 9.21. The van der Waals surface area contributed by atoms with Crippen LogP contribution in [0.5, 0.6) is 0 Å². The number of rotatable bonds is 8. The van der Waals surface area contributed by atoms with Gasteiger partial charge in [0, 0.05) is 30.4 Å². The van der Waals surface area contributed by atoms with Gasteiger partial charge in [0.15, 0.2) is 0 Å². The zero-order chi connectivity index (χ0) is 23.0. The van der Waals surface area contributed by atoms with E-state index in [1.165, 1.54) is 0 Å². The average molecular weight is 444 g/mol. The molecule has 0 atom stereocenters. The van der Waals surface area contributed by atoms with Crippen LogP contribution in [0.2, 0.25) is 0 Å². The van der Waals surface area contributed by atoms with Gasteiger partial charge in [0.25, 0.3) is 0 Å². The minimum Gasteiger partial charge on any atom is -0.371 e. The Bertz CT molecular complexity index is 1010. The van der Waals surface area contributed by atoms with Crippen molar-refractivity contribution in [3.63, 3.8) is 0 Å². The third-order valence-corrected chi connectivity index (χ3v) is 6.00. The molecule has 0 aromatic heterocycles. The molecular formula is C27H29N3O3. The lowest BCUT2D eigenvalue weighted by atomic mass is 9.96. The van der Waals surface area contributed by atoms with E-state index in [0.717, 1.165) is 48.4 Å². The maximum atomic E-state index is 12.6. The molecule has 1 saturated heterocycles. The number of benzene rings is 3. The lowest BCUT2D eigenvalue weighted by Gasteiger charge is -2.32. The first-order chi connectivity index (χ1) is 16.1. The second kappa shape index (κ2) is 10.8. The monoisotopic (exact) mass is 443 g/mol. The minimum atomic E-state index is -0.316. The van der Waals surface area contributed by atoms with Crippen molar-refractivity contribution in [1.29, 1.82) is 0 Å². The third-order valence-electron chi connectivity index (χ3n) is 6.00. The van der Waals surface area contributed by atoms with Crippen LogP contribution in [0.25, 0.3) is 0 Å². The van der Waals surface area contributed by atoms with Crippen LogP contribution in [0.15, 0.2) is 84.9 Å². The molecule has 0 saturated carbocycles. The Balaban J connectivity index is 1.33. The summed E-state index contributed by atoms with van der Waals surface area (Å²) in [7, 11) is 0. The molecule has 6 nitrogen and oxygen atoms in total. The molecule has 170 valence electrons. The first-order valence-electron chi connectivity index (χ1n) is 11.3. The van der Waals surface area contributed by atoms with Gasteiger partial charge in [-0.05, 0) is 48.2 Å². The number of anilines is 2. The molecule has 1 aliphatic heterocycles. The Hall–Kier alpha value is -3.64. The maximum Gasteiger partial charge on any atom is 0.250 e. The van der Waals surface area contributed by atoms with Crippen LogP contribution >= 0.6 is 0 Å². The number of nitrogens with two attached hydrogens (primary N) is 1. The summed E-state index contributed by atoms with van der Waals surface area (Å²) < 4.78 is 6.04. The Morgan fingerprint density at radius 2 is 1.42 bits per heavy atom. The number of carbonyl (C=O) groups excluding carboxylic acids is 2. The Morgan fingerprint density at radius 1 is 0.879 bits per heavy atom. The molecule has 2 amide bonds. The standard InChI is InChI=1S/C27H29N3O3/c28-27(32)22-15-17-30(18-16-22)24-13-11-23(12-14-24)29-25(31)19-33-26(20-7-3-1-4-8-20)21-9-5-2-6-10-21/h1-14,22,26H,15-19H2,(H2,28,32)(H,29,31). The zero-order valence-corrected chi connectivity index (χ0v) is 18.5. The van der Waals surface area contributed by atoms with Crippen molar-refractivity contribution >= 4 is 23.2 Å². The molecule has 0 aliphatic carbocycles. The highest BCUT2D eigenvalue weighted by atomic mass is 16.5. The summed E-state index contributed by atoms with van der Waals surface area (Å²) in [6.45, 7) is 1.54. The van der Waals surface area contributed by atoms with Gasteiger partial charge in [0.1, 0.15) is 12.7 Å². The maximum absolute atomic E-state index is 12.6. The number of carbonyl (C=O) groups is 2. The number of primary amides is 1. The highest BCUT2D eigenvalue weighted by Crippen LogP contribution is 2.26. The molecule has 6 heteroatoms. The largest absolute Gasteiger partial charge is 0.371 e. The van der Waals surface area contributed by atoms with Gasteiger partial charge in [-0.15, -0.1) is 0 Å². The van der Waals surface area contributed by atoms with Crippen molar-refractivity contribution in [2.45, 2.75) is 18.9 Å². The van der Waals surface area contributed by atoms with Gasteiger partial charge in [0.2, 0.25) is 11.8 Å². The topological polar surface area (TPSA) is 84.7 Å². The number of ether oxygens (including phenoxy) is 1. The number of hydrogen-bond acceptors (Lipinski definition) is 4. The van der Waals surface area contributed by atoms with Gasteiger partial charge in [-0.2, -0.15) is 0 Å². The fourth-order valence-corrected chi connectivity index (χ4v) is 4.17. The normalized spacial score (nSPS) is 14.3. The van der Waals surface area contributed by atoms with Gasteiger partial charge in [0.05, 0.1) is 0 Å². The van der Waals surface area contributed by atoms with E-state index in [0.29, 0.717) is 0 Å². The van der Waals surface area contributed by atoms with E-state index >= 15 is 0 Å². The van der Waals surface area contributed by atoms with Crippen LogP contribution in [-0.2, 0) is 14.3 Å². The van der Waals surface area contributed by atoms with Crippen LogP contribution in [-0.4, -0.2) is 31.5 Å². The van der Waals surface area contributed by atoms with Crippen LogP contribution in [0, 0.1) is 5.92 Å². The van der Waals surface area contributed by atoms with Crippen molar-refractivity contribution in [1.82, 2.24) is 0 Å². The molecule has 0 bridgehead atoms. The fourth-order valence-electron chi connectivity index (χ4n) is 4.17. The minimum absolute atomic E-state index is 0.0320. The van der Waals surface area contributed by atoms with Crippen LogP contribution in [0.1, 0.15) is 30.1 Å². The second-order valence-electron chi connectivity index (χ2n) is 8.27. The van der Waals surface area contributed by atoms with Crippen LogP contribution < -0.4 is 16.0 Å². The average Bonchev–Trinajstić information content (AvgIpc) is 2.86. The Kier molecular flexibility index (Phi) is 7.37. The summed E-state index contributed by atoms with van der Waals surface area (Å²) >= 11 is 0. The molecule has 33 heavy (non-hydrogen) atoms. The molecule has 0 radical (unpaired) electrons. The molecule has 4 rings (SSSR count). The molecular weight excluding hydrogens is 414 g/mol. The van der Waals surface area contributed by atoms with E-state index in [9.17, 15) is 9.59 Å². The van der Waals surface area contributed by atoms with Gasteiger partial charge < -0.3 is 20.7 Å². The molecule has 3 N–H and O–H groups in total. The van der Waals surface area contributed by atoms with E-state index in [4.69, 9.17) is 10.5 Å². The van der Waals surface area contributed by atoms with Crippen molar-refractivity contribution in [3.05, 3.63) is 96.1 Å². The third kappa shape index (κ3) is 5.99. The van der Waals surface area contributed by atoms with Gasteiger partial charge in [-0.1, -0.05) is 60.7 Å². The number of piperidine rings is 1. The number of hydrogen-bond donors (Lipinski definition) is 2. The highest BCUT2D eigenvalue weighted by Gasteiger charge is 2.23. The van der Waals surface area contributed by atoms with E-state index in [1.54, 1.807) is 0 Å².